The van der Waals surface area contributed by atoms with Crippen molar-refractivity contribution in [1.82, 2.24) is 4.90 Å². The van der Waals surface area contributed by atoms with Crippen LogP contribution in [0.5, 0.6) is 0 Å². The predicted octanol–water partition coefficient (Wildman–Crippen LogP) is 0.379. The molecule has 5 nitrogen and oxygen atoms in total. The molecule has 1 saturated heterocycles. The second-order valence-electron chi connectivity index (χ2n) is 4.37. The molecule has 0 aromatic carbocycles. The van der Waals surface area contributed by atoms with Gasteiger partial charge in [-0.05, 0) is 12.8 Å². The zero-order valence-corrected chi connectivity index (χ0v) is 10.7. The second-order valence-corrected chi connectivity index (χ2v) is 4.37. The summed E-state index contributed by atoms with van der Waals surface area (Å²) in [5.74, 6) is -0.272. The summed E-state index contributed by atoms with van der Waals surface area (Å²) in [4.78, 5) is 13.8. The van der Waals surface area contributed by atoms with E-state index >= 15 is 0 Å². The first-order chi connectivity index (χ1) is 8.24. The predicted molar refractivity (Wildman–Crippen MR) is 65.7 cm³/mol. The molecule has 2 N–H and O–H groups in total. The molecule has 100 valence electrons. The van der Waals surface area contributed by atoms with Gasteiger partial charge in [0.2, 0.25) is 0 Å². The van der Waals surface area contributed by atoms with Gasteiger partial charge < -0.3 is 15.2 Å². The van der Waals surface area contributed by atoms with E-state index in [0.29, 0.717) is 13.0 Å². The highest BCUT2D eigenvalue weighted by Crippen LogP contribution is 2.01. The van der Waals surface area contributed by atoms with Crippen LogP contribution >= 0.6 is 0 Å². The number of nitrogens with zero attached hydrogens (tertiary/aromatic N) is 1. The van der Waals surface area contributed by atoms with Gasteiger partial charge in [0.05, 0.1) is 19.8 Å². The normalized spacial score (nSPS) is 18.9. The summed E-state index contributed by atoms with van der Waals surface area (Å²) in [6.45, 7) is 6.79. The molecule has 1 heterocycles. The molecule has 0 saturated carbocycles. The Morgan fingerprint density at radius 3 is 2.82 bits per heavy atom. The average Bonchev–Trinajstić information content (AvgIpc) is 2.37. The van der Waals surface area contributed by atoms with Crippen LogP contribution in [0, 0.1) is 0 Å². The van der Waals surface area contributed by atoms with Crippen LogP contribution in [0.1, 0.15) is 26.2 Å². The minimum Gasteiger partial charge on any atom is -0.465 e. The average molecular weight is 244 g/mol. The van der Waals surface area contributed by atoms with Crippen LogP contribution in [0.3, 0.4) is 0 Å². The van der Waals surface area contributed by atoms with E-state index in [1.807, 2.05) is 0 Å². The molecule has 1 atom stereocenters. The van der Waals surface area contributed by atoms with Gasteiger partial charge in [-0.25, -0.2) is 0 Å². The minimum absolute atomic E-state index is 0.272. The van der Waals surface area contributed by atoms with Gasteiger partial charge in [-0.2, -0.15) is 0 Å². The first-order valence-corrected chi connectivity index (χ1v) is 6.46. The maximum Gasteiger partial charge on any atom is 0.322 e. The Morgan fingerprint density at radius 2 is 2.18 bits per heavy atom. The molecule has 0 aromatic heterocycles. The van der Waals surface area contributed by atoms with Gasteiger partial charge in [-0.15, -0.1) is 0 Å². The maximum absolute atomic E-state index is 11.5. The monoisotopic (exact) mass is 244 g/mol. The van der Waals surface area contributed by atoms with Crippen molar-refractivity contribution < 1.29 is 14.3 Å². The quantitative estimate of drug-likeness (QED) is 0.518. The highest BCUT2D eigenvalue weighted by molar-refractivity contribution is 5.75. The molecule has 5 heteroatoms. The topological polar surface area (TPSA) is 64.8 Å². The Balaban J connectivity index is 2.10. The van der Waals surface area contributed by atoms with Crippen LogP contribution in [0.4, 0.5) is 0 Å². The van der Waals surface area contributed by atoms with Crippen molar-refractivity contribution in [3.05, 3.63) is 0 Å². The standard InChI is InChI=1S/C12H24N2O3/c1-2-3-8-17-12(15)11(13)4-5-14-6-9-16-10-7-14/h11H,2-10,13H2,1H3/t11-/m0/s1. The molecule has 1 aliphatic heterocycles. The summed E-state index contributed by atoms with van der Waals surface area (Å²) in [6.07, 6.45) is 2.59. The number of rotatable bonds is 7. The van der Waals surface area contributed by atoms with E-state index < -0.39 is 6.04 Å². The van der Waals surface area contributed by atoms with Crippen molar-refractivity contribution in [2.24, 2.45) is 5.73 Å². The van der Waals surface area contributed by atoms with Gasteiger partial charge in [-0.1, -0.05) is 13.3 Å². The van der Waals surface area contributed by atoms with E-state index in [2.05, 4.69) is 11.8 Å². The Hall–Kier alpha value is -0.650. The van der Waals surface area contributed by atoms with Crippen molar-refractivity contribution >= 4 is 5.97 Å². The van der Waals surface area contributed by atoms with Crippen molar-refractivity contribution in [1.29, 1.82) is 0 Å². The van der Waals surface area contributed by atoms with Crippen LogP contribution in [-0.4, -0.2) is 56.4 Å². The lowest BCUT2D eigenvalue weighted by Gasteiger charge is -2.27. The van der Waals surface area contributed by atoms with E-state index in [1.54, 1.807) is 0 Å². The molecule has 1 rings (SSSR count). The second kappa shape index (κ2) is 8.44. The van der Waals surface area contributed by atoms with Gasteiger partial charge in [0, 0.05) is 19.6 Å². The zero-order chi connectivity index (χ0) is 12.5. The zero-order valence-electron chi connectivity index (χ0n) is 10.7. The Bertz CT molecular complexity index is 218. The molecule has 0 bridgehead atoms. The van der Waals surface area contributed by atoms with Crippen LogP contribution in [0.25, 0.3) is 0 Å². The maximum atomic E-state index is 11.5. The number of esters is 1. The fraction of sp³-hybridized carbons (Fsp3) is 0.917. The number of ether oxygens (including phenoxy) is 2. The largest absolute Gasteiger partial charge is 0.465 e. The molecule has 17 heavy (non-hydrogen) atoms. The number of morpholine rings is 1. The number of hydrogen-bond donors (Lipinski definition) is 1. The van der Waals surface area contributed by atoms with Gasteiger partial charge in [0.1, 0.15) is 6.04 Å². The summed E-state index contributed by atoms with van der Waals surface area (Å²) in [6, 6.07) is -0.491. The summed E-state index contributed by atoms with van der Waals surface area (Å²) in [5, 5.41) is 0. The Kier molecular flexibility index (Phi) is 7.16. The minimum atomic E-state index is -0.491. The lowest BCUT2D eigenvalue weighted by Crippen LogP contribution is -2.41. The third kappa shape index (κ3) is 6.00. The molecule has 0 spiro atoms. The van der Waals surface area contributed by atoms with Crippen molar-refractivity contribution in [2.75, 3.05) is 39.5 Å². The molecule has 1 fully saturated rings. The lowest BCUT2D eigenvalue weighted by molar-refractivity contribution is -0.145. The van der Waals surface area contributed by atoms with Crippen molar-refractivity contribution in [2.45, 2.75) is 32.2 Å². The lowest BCUT2D eigenvalue weighted by atomic mass is 10.2. The van der Waals surface area contributed by atoms with E-state index in [9.17, 15) is 4.79 Å². The number of hydrogen-bond acceptors (Lipinski definition) is 5. The fourth-order valence-corrected chi connectivity index (χ4v) is 1.69. The molecule has 0 aliphatic carbocycles. The highest BCUT2D eigenvalue weighted by Gasteiger charge is 2.17. The SMILES string of the molecule is CCCCOC(=O)[C@@H](N)CCN1CCOCC1. The number of carbonyl (C=O) groups is 1. The fourth-order valence-electron chi connectivity index (χ4n) is 1.69. The van der Waals surface area contributed by atoms with E-state index in [4.69, 9.17) is 15.2 Å². The van der Waals surface area contributed by atoms with Crippen molar-refractivity contribution in [3.63, 3.8) is 0 Å². The van der Waals surface area contributed by atoms with E-state index in [-0.39, 0.29) is 5.97 Å². The molecule has 0 unspecified atom stereocenters. The van der Waals surface area contributed by atoms with Crippen molar-refractivity contribution in [3.8, 4) is 0 Å². The summed E-state index contributed by atoms with van der Waals surface area (Å²) >= 11 is 0. The summed E-state index contributed by atoms with van der Waals surface area (Å²) in [5.41, 5.74) is 5.78. The highest BCUT2D eigenvalue weighted by atomic mass is 16.5. The summed E-state index contributed by atoms with van der Waals surface area (Å²) in [7, 11) is 0. The van der Waals surface area contributed by atoms with Gasteiger partial charge >= 0.3 is 5.97 Å². The van der Waals surface area contributed by atoms with E-state index in [0.717, 1.165) is 45.7 Å². The van der Waals surface area contributed by atoms with Gasteiger partial charge in [-0.3, -0.25) is 9.69 Å². The molecule has 0 radical (unpaired) electrons. The first-order valence-electron chi connectivity index (χ1n) is 6.46. The third-order valence-corrected chi connectivity index (χ3v) is 2.90. The molecule has 1 aliphatic rings. The summed E-state index contributed by atoms with van der Waals surface area (Å²) < 4.78 is 10.3. The third-order valence-electron chi connectivity index (χ3n) is 2.90. The van der Waals surface area contributed by atoms with Gasteiger partial charge in [0.15, 0.2) is 0 Å². The number of unbranched alkanes of at least 4 members (excludes halogenated alkanes) is 1. The molecule has 0 aromatic rings. The van der Waals surface area contributed by atoms with Crippen LogP contribution in [0.15, 0.2) is 0 Å². The number of carbonyl (C=O) groups excluding carboxylic acids is 1. The molecular formula is C12H24N2O3. The number of nitrogens with two attached hydrogens (primary N) is 1. The first kappa shape index (κ1) is 14.4. The van der Waals surface area contributed by atoms with E-state index in [1.165, 1.54) is 0 Å². The molecule has 0 amide bonds. The smallest absolute Gasteiger partial charge is 0.322 e. The van der Waals surface area contributed by atoms with Crippen LogP contribution < -0.4 is 5.73 Å². The Morgan fingerprint density at radius 1 is 1.47 bits per heavy atom. The Labute approximate surface area is 103 Å². The molecular weight excluding hydrogens is 220 g/mol. The van der Waals surface area contributed by atoms with Gasteiger partial charge in [0.25, 0.3) is 0 Å². The van der Waals surface area contributed by atoms with Crippen LogP contribution in [-0.2, 0) is 14.3 Å². The van der Waals surface area contributed by atoms with Crippen LogP contribution in [0.2, 0.25) is 0 Å².